The van der Waals surface area contributed by atoms with Gasteiger partial charge in [-0.25, -0.2) is 4.98 Å². The maximum atomic E-state index is 12.1. The van der Waals surface area contributed by atoms with Gasteiger partial charge in [-0.15, -0.1) is 11.3 Å². The zero-order valence-corrected chi connectivity index (χ0v) is 11.6. The molecule has 1 aromatic rings. The van der Waals surface area contributed by atoms with Crippen molar-refractivity contribution < 1.29 is 4.79 Å². The number of carbonyl (C=O) groups is 1. The molecule has 0 aromatic carbocycles. The molecule has 100 valence electrons. The van der Waals surface area contributed by atoms with E-state index in [4.69, 9.17) is 0 Å². The van der Waals surface area contributed by atoms with E-state index < -0.39 is 0 Å². The van der Waals surface area contributed by atoms with Crippen molar-refractivity contribution in [1.29, 1.82) is 0 Å². The molecule has 1 saturated heterocycles. The molecule has 1 N–H and O–H groups in total. The number of hydrogen-bond acceptors (Lipinski definition) is 5. The molecule has 1 fully saturated rings. The molecule has 0 spiro atoms. The van der Waals surface area contributed by atoms with Crippen LogP contribution in [0.2, 0.25) is 0 Å². The highest BCUT2D eigenvalue weighted by molar-refractivity contribution is 7.07. The molecule has 0 bridgehead atoms. The molecule has 0 radical (unpaired) electrons. The first kappa shape index (κ1) is 13.5. The molecule has 0 unspecified atom stereocenters. The Labute approximate surface area is 112 Å². The number of amides is 1. The monoisotopic (exact) mass is 268 g/mol. The fraction of sp³-hybridized carbons (Fsp3) is 0.667. The van der Waals surface area contributed by atoms with E-state index in [9.17, 15) is 4.79 Å². The van der Waals surface area contributed by atoms with Gasteiger partial charge in [-0.3, -0.25) is 9.69 Å². The quantitative estimate of drug-likeness (QED) is 0.858. The highest BCUT2D eigenvalue weighted by Gasteiger charge is 2.16. The Bertz CT molecular complexity index is 360. The number of thiazole rings is 1. The molecule has 2 rings (SSSR count). The van der Waals surface area contributed by atoms with E-state index in [1.54, 1.807) is 11.3 Å². The lowest BCUT2D eigenvalue weighted by Gasteiger charge is -2.23. The second-order valence-corrected chi connectivity index (χ2v) is 5.36. The lowest BCUT2D eigenvalue weighted by Crippen LogP contribution is -2.40. The third-order valence-electron chi connectivity index (χ3n) is 3.01. The predicted octanol–water partition coefficient (Wildman–Crippen LogP) is 0.397. The van der Waals surface area contributed by atoms with Gasteiger partial charge in [-0.1, -0.05) is 0 Å². The van der Waals surface area contributed by atoms with Crippen LogP contribution in [0.15, 0.2) is 10.9 Å². The molecular formula is C12H20N4OS. The lowest BCUT2D eigenvalue weighted by molar-refractivity contribution is -0.132. The van der Waals surface area contributed by atoms with Crippen molar-refractivity contribution in [3.63, 3.8) is 0 Å². The Morgan fingerprint density at radius 3 is 3.22 bits per heavy atom. The molecule has 0 aliphatic carbocycles. The smallest absolute Gasteiger partial charge is 0.236 e. The fourth-order valence-electron chi connectivity index (χ4n) is 2.07. The average molecular weight is 268 g/mol. The van der Waals surface area contributed by atoms with Crippen molar-refractivity contribution in [1.82, 2.24) is 20.1 Å². The molecule has 5 nitrogen and oxygen atoms in total. The summed E-state index contributed by atoms with van der Waals surface area (Å²) in [6, 6.07) is 0. The molecule has 0 saturated carbocycles. The van der Waals surface area contributed by atoms with Crippen LogP contribution >= 0.6 is 11.3 Å². The fourth-order valence-corrected chi connectivity index (χ4v) is 2.62. The van der Waals surface area contributed by atoms with Crippen molar-refractivity contribution in [3.8, 4) is 0 Å². The SMILES string of the molecule is CN(CC(=O)N1CCCNCC1)Cc1cscn1. The number of likely N-dealkylation sites (N-methyl/N-ethyl adjacent to an activating group) is 1. The number of nitrogens with one attached hydrogen (secondary N) is 1. The van der Waals surface area contributed by atoms with Crippen molar-refractivity contribution in [2.24, 2.45) is 0 Å². The van der Waals surface area contributed by atoms with Gasteiger partial charge in [-0.05, 0) is 20.0 Å². The Balaban J connectivity index is 1.78. The van der Waals surface area contributed by atoms with Crippen molar-refractivity contribution in [2.45, 2.75) is 13.0 Å². The van der Waals surface area contributed by atoms with Gasteiger partial charge in [0.2, 0.25) is 5.91 Å². The Morgan fingerprint density at radius 2 is 2.44 bits per heavy atom. The van der Waals surface area contributed by atoms with Gasteiger partial charge in [0.1, 0.15) is 0 Å². The largest absolute Gasteiger partial charge is 0.340 e. The molecule has 1 aromatic heterocycles. The van der Waals surface area contributed by atoms with Gasteiger partial charge >= 0.3 is 0 Å². The van der Waals surface area contributed by atoms with Gasteiger partial charge in [0.25, 0.3) is 0 Å². The van der Waals surface area contributed by atoms with Crippen molar-refractivity contribution in [2.75, 3.05) is 39.8 Å². The van der Waals surface area contributed by atoms with Crippen LogP contribution in [-0.4, -0.2) is 60.5 Å². The summed E-state index contributed by atoms with van der Waals surface area (Å²) >= 11 is 1.59. The first-order chi connectivity index (χ1) is 8.75. The summed E-state index contributed by atoms with van der Waals surface area (Å²) < 4.78 is 0. The lowest BCUT2D eigenvalue weighted by atomic mass is 10.3. The number of carbonyl (C=O) groups excluding carboxylic acids is 1. The van der Waals surface area contributed by atoms with E-state index in [-0.39, 0.29) is 5.91 Å². The van der Waals surface area contributed by atoms with Crippen LogP contribution in [0, 0.1) is 0 Å². The zero-order valence-electron chi connectivity index (χ0n) is 10.8. The number of aromatic nitrogens is 1. The van der Waals surface area contributed by atoms with Gasteiger partial charge < -0.3 is 10.2 Å². The summed E-state index contributed by atoms with van der Waals surface area (Å²) in [5, 5.41) is 5.33. The molecular weight excluding hydrogens is 248 g/mol. The van der Waals surface area contributed by atoms with Crippen molar-refractivity contribution >= 4 is 17.2 Å². The van der Waals surface area contributed by atoms with Crippen LogP contribution < -0.4 is 5.32 Å². The number of rotatable bonds is 4. The highest BCUT2D eigenvalue weighted by Crippen LogP contribution is 2.05. The third-order valence-corrected chi connectivity index (χ3v) is 3.65. The minimum Gasteiger partial charge on any atom is -0.340 e. The van der Waals surface area contributed by atoms with E-state index in [0.29, 0.717) is 6.54 Å². The molecule has 6 heteroatoms. The van der Waals surface area contributed by atoms with Crippen LogP contribution in [0.4, 0.5) is 0 Å². The summed E-state index contributed by atoms with van der Waals surface area (Å²) in [5.41, 5.74) is 2.86. The van der Waals surface area contributed by atoms with Crippen molar-refractivity contribution in [3.05, 3.63) is 16.6 Å². The van der Waals surface area contributed by atoms with Crippen LogP contribution in [0.25, 0.3) is 0 Å². The second-order valence-electron chi connectivity index (χ2n) is 4.64. The topological polar surface area (TPSA) is 48.5 Å². The van der Waals surface area contributed by atoms with Gasteiger partial charge in [-0.2, -0.15) is 0 Å². The standard InChI is InChI=1S/C12H20N4OS/c1-15(7-11-9-18-10-14-11)8-12(17)16-5-2-3-13-4-6-16/h9-10,13H,2-8H2,1H3. The minimum atomic E-state index is 0.219. The average Bonchev–Trinajstić information content (AvgIpc) is 2.68. The summed E-state index contributed by atoms with van der Waals surface area (Å²) in [4.78, 5) is 20.3. The highest BCUT2D eigenvalue weighted by atomic mass is 32.1. The number of nitrogens with zero attached hydrogens (tertiary/aromatic N) is 3. The van der Waals surface area contributed by atoms with Crippen LogP contribution in [0.5, 0.6) is 0 Å². The summed E-state index contributed by atoms with van der Waals surface area (Å²) in [7, 11) is 1.97. The molecule has 1 aliphatic heterocycles. The van der Waals surface area contributed by atoms with E-state index in [0.717, 1.165) is 44.8 Å². The summed E-state index contributed by atoms with van der Waals surface area (Å²) in [5.74, 6) is 0.219. The summed E-state index contributed by atoms with van der Waals surface area (Å²) in [6.07, 6.45) is 1.04. The molecule has 1 aliphatic rings. The maximum Gasteiger partial charge on any atom is 0.236 e. The van der Waals surface area contributed by atoms with Gasteiger partial charge in [0.05, 0.1) is 17.7 Å². The second kappa shape index (κ2) is 6.82. The Kier molecular flexibility index (Phi) is 5.10. The maximum absolute atomic E-state index is 12.1. The minimum absolute atomic E-state index is 0.219. The normalized spacial score (nSPS) is 16.9. The zero-order chi connectivity index (χ0) is 12.8. The molecule has 18 heavy (non-hydrogen) atoms. The van der Waals surface area contributed by atoms with Gasteiger partial charge in [0, 0.05) is 31.6 Å². The predicted molar refractivity (Wildman–Crippen MR) is 72.5 cm³/mol. The van der Waals surface area contributed by atoms with E-state index in [1.807, 2.05) is 27.7 Å². The van der Waals surface area contributed by atoms with Gasteiger partial charge in [0.15, 0.2) is 0 Å². The van der Waals surface area contributed by atoms with E-state index in [1.165, 1.54) is 0 Å². The van der Waals surface area contributed by atoms with Crippen LogP contribution in [0.3, 0.4) is 0 Å². The van der Waals surface area contributed by atoms with E-state index >= 15 is 0 Å². The Morgan fingerprint density at radius 1 is 1.56 bits per heavy atom. The Hall–Kier alpha value is -0.980. The first-order valence-electron chi connectivity index (χ1n) is 6.30. The van der Waals surface area contributed by atoms with Crippen LogP contribution in [-0.2, 0) is 11.3 Å². The third kappa shape index (κ3) is 4.04. The first-order valence-corrected chi connectivity index (χ1v) is 7.24. The van der Waals surface area contributed by atoms with E-state index in [2.05, 4.69) is 10.3 Å². The summed E-state index contributed by atoms with van der Waals surface area (Å²) in [6.45, 7) is 4.82. The molecule has 0 atom stereocenters. The molecule has 2 heterocycles. The number of hydrogen-bond donors (Lipinski definition) is 1. The molecule has 1 amide bonds. The van der Waals surface area contributed by atoms with Crippen LogP contribution in [0.1, 0.15) is 12.1 Å².